The van der Waals surface area contributed by atoms with Gasteiger partial charge in [0.2, 0.25) is 17.8 Å². The summed E-state index contributed by atoms with van der Waals surface area (Å²) in [5.74, 6) is -6.07. The zero-order valence-electron chi connectivity index (χ0n) is 21.6. The number of phosphoric ester groups is 1. The number of ether oxygens (including phenoxy) is 2. The largest absolute Gasteiger partial charge is 0.756 e. The van der Waals surface area contributed by atoms with Crippen LogP contribution in [0.25, 0.3) is 0 Å². The van der Waals surface area contributed by atoms with Gasteiger partial charge in [-0.2, -0.15) is 8.89 Å². The van der Waals surface area contributed by atoms with Crippen molar-refractivity contribution >= 4 is 53.7 Å². The summed E-state index contributed by atoms with van der Waals surface area (Å²) in [6.07, 6.45) is 2.74. The number of furan rings is 1. The molecule has 0 amide bonds. The first-order chi connectivity index (χ1) is 21.2. The van der Waals surface area contributed by atoms with Crippen molar-refractivity contribution in [1.29, 1.82) is 0 Å². The standard InChI is InChI=1S/C16H13N8O19P3/c17-13-10-14(19-4-18-13)21(5-20-10)15-12-11(7(39-15)3-38-45(34,35)43-46(36,37)42-44(31,32)33)40-16(41-12)8(23(27)28)1-6(22(25)26)2-9(16)24(29)30/h1-2,4-5,8,10,17H,3H2,(H4,31,32,33,34,35,36,37). The number of nitrogens with zero attached hydrogens (tertiary/aromatic N) is 7. The Bertz CT molecular complexity index is 1920. The third-order valence-corrected chi connectivity index (χ3v) is 9.62. The zero-order chi connectivity index (χ0) is 34.0. The molecule has 1 aliphatic carbocycles. The van der Waals surface area contributed by atoms with Crippen LogP contribution in [0.4, 0.5) is 5.88 Å². The van der Waals surface area contributed by atoms with Gasteiger partial charge in [-0.1, -0.05) is 4.99 Å². The zero-order valence-corrected chi connectivity index (χ0v) is 24.3. The van der Waals surface area contributed by atoms with Gasteiger partial charge in [0.05, 0.1) is 22.0 Å². The van der Waals surface area contributed by atoms with E-state index in [1.165, 1.54) is 0 Å². The summed E-state index contributed by atoms with van der Waals surface area (Å²) in [7, 11) is -17.8. The Morgan fingerprint density at radius 1 is 1.04 bits per heavy atom. The average molecular weight is 714 g/mol. The van der Waals surface area contributed by atoms with Crippen LogP contribution < -0.4 is 20.1 Å². The molecule has 0 radical (unpaired) electrons. The first kappa shape index (κ1) is 32.8. The van der Waals surface area contributed by atoms with Crippen LogP contribution in [0, 0.1) is 30.3 Å². The second-order valence-electron chi connectivity index (χ2n) is 8.76. The highest BCUT2D eigenvalue weighted by molar-refractivity contribution is 7.66. The van der Waals surface area contributed by atoms with E-state index in [1.54, 1.807) is 0 Å². The topological polar surface area (TPSA) is 390 Å². The van der Waals surface area contributed by atoms with Gasteiger partial charge in [0, 0.05) is 4.92 Å². The van der Waals surface area contributed by atoms with E-state index in [1.807, 2.05) is 0 Å². The van der Waals surface area contributed by atoms with Crippen LogP contribution in [0.3, 0.4) is 0 Å². The van der Waals surface area contributed by atoms with Gasteiger partial charge in [0.1, 0.15) is 6.61 Å². The summed E-state index contributed by atoms with van der Waals surface area (Å²) >= 11 is 0. The fraction of sp³-hybridized carbons (Fsp3) is 0.250. The van der Waals surface area contributed by atoms with Gasteiger partial charge < -0.3 is 39.2 Å². The third-order valence-electron chi connectivity index (χ3n) is 5.87. The van der Waals surface area contributed by atoms with E-state index in [2.05, 4.69) is 28.1 Å². The molecule has 30 heteroatoms. The number of nitro groups is 3. The average Bonchev–Trinajstić information content (AvgIpc) is 3.58. The van der Waals surface area contributed by atoms with Crippen molar-refractivity contribution in [2.45, 2.75) is 24.5 Å². The molecule has 4 heterocycles. The van der Waals surface area contributed by atoms with Gasteiger partial charge in [-0.15, -0.1) is 4.99 Å². The molecule has 1 aromatic rings. The van der Waals surface area contributed by atoms with E-state index >= 15 is 0 Å². The van der Waals surface area contributed by atoms with E-state index in [-0.39, 0.29) is 11.7 Å². The number of hydrogen-bond donors (Lipinski definition) is 4. The summed E-state index contributed by atoms with van der Waals surface area (Å²) in [6, 6.07) is -3.50. The minimum absolute atomic E-state index is 0.0447. The molecule has 27 nitrogen and oxygen atoms in total. The summed E-state index contributed by atoms with van der Waals surface area (Å²) in [5, 5.41) is 35.5. The Kier molecular flexibility index (Phi) is 7.89. The van der Waals surface area contributed by atoms with Crippen LogP contribution >= 0.6 is 23.5 Å². The number of phosphoric acid groups is 3. The summed E-state index contributed by atoms with van der Waals surface area (Å²) < 4.78 is 64.1. The van der Waals surface area contributed by atoms with Gasteiger partial charge in [0.25, 0.3) is 25.4 Å². The van der Waals surface area contributed by atoms with Crippen molar-refractivity contribution < 1.29 is 79.7 Å². The molecular formula is C16H13N8O19P3. The SMILES string of the molecule is NC1=NC=NC2=[N+](c3oc(COP(=O)(O)OP(=O)(O)OP(=O)([O-])O)c4c3OC3(O4)C([N+](=O)[O-])=CC([N+](=O)[O-])=CC3[N+](=O)[O-])C=NC12. The predicted molar refractivity (Wildman–Crippen MR) is 137 cm³/mol. The number of nitrogens with two attached hydrogens (primary N) is 1. The molecule has 5 rings (SSSR count). The van der Waals surface area contributed by atoms with Gasteiger partial charge in [-0.25, -0.2) is 18.4 Å². The Morgan fingerprint density at radius 2 is 1.72 bits per heavy atom. The monoisotopic (exact) mass is 714 g/mol. The van der Waals surface area contributed by atoms with E-state index in [4.69, 9.17) is 24.5 Å². The van der Waals surface area contributed by atoms with Crippen molar-refractivity contribution in [3.63, 3.8) is 0 Å². The molecule has 1 spiro atoms. The minimum Gasteiger partial charge on any atom is -0.756 e. The number of fused-ring (bicyclic) bond motifs is 2. The quantitative estimate of drug-likeness (QED) is 0.0903. The van der Waals surface area contributed by atoms with Crippen LogP contribution in [-0.2, 0) is 33.4 Å². The number of aliphatic imine (C=N–C) groups is 3. The van der Waals surface area contributed by atoms with Crippen molar-refractivity contribution in [3.05, 3.63) is 59.6 Å². The first-order valence-electron chi connectivity index (χ1n) is 11.5. The van der Waals surface area contributed by atoms with E-state index in [0.29, 0.717) is 12.2 Å². The second kappa shape index (κ2) is 11.1. The summed E-state index contributed by atoms with van der Waals surface area (Å²) in [5.41, 5.74) is 3.40. The van der Waals surface area contributed by atoms with Crippen LogP contribution in [0.15, 0.2) is 42.9 Å². The molecule has 0 aromatic carbocycles. The number of rotatable bonds is 11. The Morgan fingerprint density at radius 3 is 2.33 bits per heavy atom. The summed E-state index contributed by atoms with van der Waals surface area (Å²) in [6.45, 7) is -1.36. The lowest BCUT2D eigenvalue weighted by atomic mass is 9.96. The van der Waals surface area contributed by atoms with Gasteiger partial charge in [-0.05, 0) is 0 Å². The molecule has 1 aromatic heterocycles. The molecule has 4 aliphatic rings. The van der Waals surface area contributed by atoms with Gasteiger partial charge in [0.15, 0.2) is 17.9 Å². The van der Waals surface area contributed by atoms with Crippen molar-refractivity contribution in [2.24, 2.45) is 20.7 Å². The molecule has 0 saturated carbocycles. The molecule has 0 bridgehead atoms. The maximum Gasteiger partial charge on any atom is 0.487 e. The molecule has 3 aliphatic heterocycles. The molecule has 46 heavy (non-hydrogen) atoms. The predicted octanol–water partition coefficient (Wildman–Crippen LogP) is -1.21. The van der Waals surface area contributed by atoms with Crippen LogP contribution in [-0.4, -0.2) is 76.2 Å². The number of amidine groups is 2. The normalized spacial score (nSPS) is 26.8. The van der Waals surface area contributed by atoms with Crippen molar-refractivity contribution in [1.82, 2.24) is 0 Å². The number of allylic oxidation sites excluding steroid dienone is 1. The van der Waals surface area contributed by atoms with Crippen LogP contribution in [0.5, 0.6) is 11.5 Å². The minimum atomic E-state index is -6.02. The lowest BCUT2D eigenvalue weighted by Crippen LogP contribution is -2.57. The van der Waals surface area contributed by atoms with Crippen LogP contribution in [0.1, 0.15) is 5.76 Å². The molecule has 6 unspecified atom stereocenters. The molecule has 0 fully saturated rings. The highest BCUT2D eigenvalue weighted by Gasteiger charge is 2.69. The van der Waals surface area contributed by atoms with E-state index < -0.39 is 97.3 Å². The van der Waals surface area contributed by atoms with Crippen molar-refractivity contribution in [2.75, 3.05) is 0 Å². The van der Waals surface area contributed by atoms with Crippen LogP contribution in [0.2, 0.25) is 0 Å². The maximum absolute atomic E-state index is 12.3. The van der Waals surface area contributed by atoms with E-state index in [0.717, 1.165) is 17.3 Å². The Labute approximate surface area is 250 Å². The molecule has 5 N–H and O–H groups in total. The fourth-order valence-electron chi connectivity index (χ4n) is 4.19. The van der Waals surface area contributed by atoms with Gasteiger partial charge in [-0.3, -0.25) is 39.4 Å². The fourth-order valence-corrected chi connectivity index (χ4v) is 7.13. The highest BCUT2D eigenvalue weighted by atomic mass is 31.3. The molecular weight excluding hydrogens is 701 g/mol. The molecule has 6 atom stereocenters. The summed E-state index contributed by atoms with van der Waals surface area (Å²) in [4.78, 5) is 82.2. The smallest absolute Gasteiger partial charge is 0.487 e. The van der Waals surface area contributed by atoms with Crippen molar-refractivity contribution in [3.8, 4) is 11.5 Å². The van der Waals surface area contributed by atoms with Gasteiger partial charge >= 0.3 is 39.1 Å². The Hall–Kier alpha value is -4.55. The lowest BCUT2D eigenvalue weighted by Gasteiger charge is -2.27. The second-order valence-corrected chi connectivity index (χ2v) is 13.1. The highest BCUT2D eigenvalue weighted by Crippen LogP contribution is 2.66. The lowest BCUT2D eigenvalue weighted by molar-refractivity contribution is -0.559. The number of hydrogen-bond acceptors (Lipinski definition) is 20. The van der Waals surface area contributed by atoms with E-state index in [9.17, 15) is 58.7 Å². The molecule has 246 valence electrons. The maximum atomic E-state index is 12.3. The third kappa shape index (κ3) is 6.02. The first-order valence-corrected chi connectivity index (χ1v) is 15.9. The molecule has 0 saturated heterocycles. The Balaban J connectivity index is 1.59.